The molecule has 0 aliphatic carbocycles. The van der Waals surface area contributed by atoms with Crippen LogP contribution in [0.5, 0.6) is 0 Å². The summed E-state index contributed by atoms with van der Waals surface area (Å²) in [6.07, 6.45) is 3.56. The number of benzene rings is 1. The molecular formula is C18H23N5O2. The average molecular weight is 341 g/mol. The number of nitrogens with zero attached hydrogens (tertiary/aromatic N) is 5. The van der Waals surface area contributed by atoms with Crippen LogP contribution in [0.1, 0.15) is 0 Å². The van der Waals surface area contributed by atoms with E-state index >= 15 is 0 Å². The van der Waals surface area contributed by atoms with Crippen molar-refractivity contribution in [3.05, 3.63) is 30.7 Å². The molecule has 0 spiro atoms. The molecular weight excluding hydrogens is 318 g/mol. The smallest absolute Gasteiger partial charge is 0.248 e. The van der Waals surface area contributed by atoms with E-state index in [9.17, 15) is 4.79 Å². The molecule has 0 saturated carbocycles. The monoisotopic (exact) mass is 341 g/mol. The van der Waals surface area contributed by atoms with Gasteiger partial charge in [0.15, 0.2) is 0 Å². The highest BCUT2D eigenvalue weighted by molar-refractivity contribution is 5.81. The molecule has 2 aliphatic heterocycles. The summed E-state index contributed by atoms with van der Waals surface area (Å²) in [5.41, 5.74) is 2.20. The second-order valence-electron chi connectivity index (χ2n) is 6.76. The number of likely N-dealkylation sites (N-methyl/N-ethyl adjacent to an activating group) is 1. The molecule has 2 aromatic rings. The highest BCUT2D eigenvalue weighted by Gasteiger charge is 2.26. The fraction of sp³-hybridized carbons (Fsp3) is 0.500. The van der Waals surface area contributed by atoms with Crippen LogP contribution in [-0.4, -0.2) is 84.7 Å². The summed E-state index contributed by atoms with van der Waals surface area (Å²) in [5.74, 6) is 0.0707. The fourth-order valence-corrected chi connectivity index (χ4v) is 3.52. The zero-order chi connectivity index (χ0) is 17.2. The quantitative estimate of drug-likeness (QED) is 0.815. The Hall–Kier alpha value is -2.25. The Labute approximate surface area is 147 Å². The molecule has 2 saturated heterocycles. The van der Waals surface area contributed by atoms with Gasteiger partial charge in [-0.15, -0.1) is 0 Å². The van der Waals surface area contributed by atoms with Gasteiger partial charge in [-0.05, 0) is 18.2 Å². The van der Waals surface area contributed by atoms with Crippen LogP contribution in [0.3, 0.4) is 0 Å². The molecule has 4 rings (SSSR count). The van der Waals surface area contributed by atoms with Gasteiger partial charge in [0.2, 0.25) is 5.91 Å². The molecule has 1 aromatic heterocycles. The minimum absolute atomic E-state index is 0.0707. The van der Waals surface area contributed by atoms with E-state index < -0.39 is 0 Å². The lowest BCUT2D eigenvalue weighted by Crippen LogP contribution is -2.53. The average Bonchev–Trinajstić information content (AvgIpc) is 2.65. The van der Waals surface area contributed by atoms with Crippen LogP contribution >= 0.6 is 0 Å². The molecule has 2 fully saturated rings. The Kier molecular flexibility index (Phi) is 4.50. The number of ether oxygens (including phenoxy) is 1. The summed E-state index contributed by atoms with van der Waals surface area (Å²) in [4.78, 5) is 26.5. The molecule has 1 amide bonds. The molecule has 7 heteroatoms. The zero-order valence-corrected chi connectivity index (χ0v) is 14.5. The molecule has 1 aromatic carbocycles. The maximum atomic E-state index is 11.5. The highest BCUT2D eigenvalue weighted by atomic mass is 16.5. The number of morpholine rings is 1. The van der Waals surface area contributed by atoms with Crippen molar-refractivity contribution in [3.63, 3.8) is 0 Å². The van der Waals surface area contributed by atoms with Crippen LogP contribution in [0.25, 0.3) is 10.9 Å². The normalized spacial score (nSPS) is 22.6. The van der Waals surface area contributed by atoms with Crippen molar-refractivity contribution in [1.29, 1.82) is 0 Å². The van der Waals surface area contributed by atoms with E-state index in [1.165, 1.54) is 5.69 Å². The summed E-state index contributed by atoms with van der Waals surface area (Å²) >= 11 is 0. The van der Waals surface area contributed by atoms with Crippen molar-refractivity contribution in [2.45, 2.75) is 6.10 Å². The Bertz CT molecular complexity index is 760. The molecule has 0 N–H and O–H groups in total. The fourth-order valence-electron chi connectivity index (χ4n) is 3.52. The second kappa shape index (κ2) is 6.93. The summed E-state index contributed by atoms with van der Waals surface area (Å²) in [7, 11) is 1.85. The third kappa shape index (κ3) is 3.57. The van der Waals surface area contributed by atoms with Gasteiger partial charge in [-0.1, -0.05) is 0 Å². The summed E-state index contributed by atoms with van der Waals surface area (Å²) in [6, 6.07) is 6.35. The van der Waals surface area contributed by atoms with Crippen molar-refractivity contribution >= 4 is 22.5 Å². The number of hydrogen-bond donors (Lipinski definition) is 0. The van der Waals surface area contributed by atoms with Crippen LogP contribution in [0.2, 0.25) is 0 Å². The van der Waals surface area contributed by atoms with Crippen LogP contribution < -0.4 is 4.90 Å². The van der Waals surface area contributed by atoms with E-state index in [2.05, 4.69) is 38.0 Å². The maximum absolute atomic E-state index is 11.5. The number of hydrogen-bond acceptors (Lipinski definition) is 6. The number of rotatable bonds is 3. The predicted molar refractivity (Wildman–Crippen MR) is 95.6 cm³/mol. The molecule has 25 heavy (non-hydrogen) atoms. The van der Waals surface area contributed by atoms with E-state index in [-0.39, 0.29) is 18.6 Å². The van der Waals surface area contributed by atoms with Gasteiger partial charge in [0, 0.05) is 63.6 Å². The molecule has 0 bridgehead atoms. The summed E-state index contributed by atoms with van der Waals surface area (Å²) in [6.45, 7) is 5.75. The number of carbonyl (C=O) groups excluding carboxylic acids is 1. The van der Waals surface area contributed by atoms with E-state index in [4.69, 9.17) is 4.74 Å². The predicted octanol–water partition coefficient (Wildman–Crippen LogP) is 0.609. The van der Waals surface area contributed by atoms with Crippen molar-refractivity contribution in [2.75, 3.05) is 57.8 Å². The zero-order valence-electron chi connectivity index (χ0n) is 14.5. The molecule has 7 nitrogen and oxygen atoms in total. The topological polar surface area (TPSA) is 61.8 Å². The first-order valence-electron chi connectivity index (χ1n) is 8.72. The maximum Gasteiger partial charge on any atom is 0.248 e. The largest absolute Gasteiger partial charge is 0.369 e. The van der Waals surface area contributed by atoms with Crippen LogP contribution in [0, 0.1) is 0 Å². The van der Waals surface area contributed by atoms with Gasteiger partial charge < -0.3 is 14.5 Å². The Balaban J connectivity index is 1.34. The van der Waals surface area contributed by atoms with Gasteiger partial charge in [0.25, 0.3) is 0 Å². The number of amides is 1. The third-order valence-electron chi connectivity index (χ3n) is 5.03. The molecule has 2 aliphatic rings. The molecule has 1 atom stereocenters. The number of fused-ring (bicyclic) bond motifs is 1. The number of anilines is 1. The van der Waals surface area contributed by atoms with E-state index in [1.54, 1.807) is 11.2 Å². The Morgan fingerprint density at radius 3 is 2.88 bits per heavy atom. The van der Waals surface area contributed by atoms with Gasteiger partial charge >= 0.3 is 0 Å². The van der Waals surface area contributed by atoms with Crippen LogP contribution in [-0.2, 0) is 9.53 Å². The third-order valence-corrected chi connectivity index (χ3v) is 5.03. The number of piperazine rings is 1. The van der Waals surface area contributed by atoms with Crippen LogP contribution in [0.4, 0.5) is 5.69 Å². The van der Waals surface area contributed by atoms with Gasteiger partial charge in [-0.2, -0.15) is 0 Å². The van der Waals surface area contributed by atoms with Crippen molar-refractivity contribution < 1.29 is 9.53 Å². The lowest BCUT2D eigenvalue weighted by Gasteiger charge is -2.39. The number of carbonyl (C=O) groups is 1. The van der Waals surface area contributed by atoms with Crippen molar-refractivity contribution in [1.82, 2.24) is 19.8 Å². The Morgan fingerprint density at radius 2 is 2.08 bits per heavy atom. The van der Waals surface area contributed by atoms with Gasteiger partial charge in [0.1, 0.15) is 12.9 Å². The molecule has 132 valence electrons. The Morgan fingerprint density at radius 1 is 1.24 bits per heavy atom. The molecule has 3 heterocycles. The lowest BCUT2D eigenvalue weighted by molar-refractivity contribution is -0.147. The lowest BCUT2D eigenvalue weighted by atomic mass is 10.2. The molecule has 1 unspecified atom stereocenters. The first-order valence-corrected chi connectivity index (χ1v) is 8.72. The summed E-state index contributed by atoms with van der Waals surface area (Å²) < 4.78 is 5.66. The number of aromatic nitrogens is 2. The first kappa shape index (κ1) is 16.2. The van der Waals surface area contributed by atoms with Gasteiger partial charge in [0.05, 0.1) is 11.6 Å². The van der Waals surface area contributed by atoms with E-state index in [0.717, 1.165) is 43.6 Å². The van der Waals surface area contributed by atoms with Crippen molar-refractivity contribution in [3.8, 4) is 0 Å². The SMILES string of the molecule is CN1CC(CN2CCN(c3ccc4ncncc4c3)CC2)OCC1=O. The highest BCUT2D eigenvalue weighted by Crippen LogP contribution is 2.21. The summed E-state index contributed by atoms with van der Waals surface area (Å²) in [5, 5.41) is 1.07. The minimum atomic E-state index is 0.0707. The van der Waals surface area contributed by atoms with E-state index in [0.29, 0.717) is 6.54 Å². The first-order chi connectivity index (χ1) is 12.2. The van der Waals surface area contributed by atoms with Crippen molar-refractivity contribution in [2.24, 2.45) is 0 Å². The molecule has 0 radical (unpaired) electrons. The van der Waals surface area contributed by atoms with E-state index in [1.807, 2.05) is 13.2 Å². The standard InChI is InChI=1S/C18H23N5O2/c1-21-10-16(25-12-18(21)24)11-22-4-6-23(7-5-22)15-2-3-17-14(8-15)9-19-13-20-17/h2-3,8-9,13,16H,4-7,10-12H2,1H3. The minimum Gasteiger partial charge on any atom is -0.369 e. The van der Waals surface area contributed by atoms with Gasteiger partial charge in [-0.25, -0.2) is 9.97 Å². The van der Waals surface area contributed by atoms with Crippen LogP contribution in [0.15, 0.2) is 30.7 Å². The van der Waals surface area contributed by atoms with Gasteiger partial charge in [-0.3, -0.25) is 9.69 Å². The second-order valence-corrected chi connectivity index (χ2v) is 6.76.